The molecule has 2 aromatic carbocycles. The van der Waals surface area contributed by atoms with E-state index >= 15 is 0 Å². The Labute approximate surface area is 119 Å². The van der Waals surface area contributed by atoms with Crippen LogP contribution in [0.5, 0.6) is 0 Å². The van der Waals surface area contributed by atoms with Gasteiger partial charge in [-0.2, -0.15) is 0 Å². The molecule has 98 valence electrons. The Morgan fingerprint density at radius 2 is 1.74 bits per heavy atom. The van der Waals surface area contributed by atoms with Crippen LogP contribution in [0.1, 0.15) is 16.7 Å². The zero-order valence-electron chi connectivity index (χ0n) is 10.2. The molecule has 1 aliphatic rings. The molecule has 0 fully saturated rings. The Balaban J connectivity index is 1.75. The van der Waals surface area contributed by atoms with Crippen LogP contribution in [-0.4, -0.2) is 4.90 Å². The number of rotatable bonds is 2. The van der Waals surface area contributed by atoms with E-state index in [-0.39, 0.29) is 0 Å². The van der Waals surface area contributed by atoms with Crippen LogP contribution in [0.4, 0.5) is 8.78 Å². The second-order valence-electron chi connectivity index (χ2n) is 4.81. The van der Waals surface area contributed by atoms with Crippen LogP contribution in [0, 0.1) is 11.6 Å². The van der Waals surface area contributed by atoms with E-state index in [0.717, 1.165) is 23.1 Å². The van der Waals surface area contributed by atoms with E-state index in [4.69, 9.17) is 0 Å². The molecular formula is C15H12BrF2N. The van der Waals surface area contributed by atoms with Gasteiger partial charge in [-0.25, -0.2) is 8.78 Å². The van der Waals surface area contributed by atoms with Gasteiger partial charge in [-0.05, 0) is 41.0 Å². The summed E-state index contributed by atoms with van der Waals surface area (Å²) in [5, 5.41) is 0. The molecule has 0 amide bonds. The van der Waals surface area contributed by atoms with Gasteiger partial charge < -0.3 is 0 Å². The van der Waals surface area contributed by atoms with E-state index in [1.54, 1.807) is 6.07 Å². The lowest BCUT2D eigenvalue weighted by Crippen LogP contribution is -2.15. The molecule has 0 saturated heterocycles. The molecule has 0 bridgehead atoms. The van der Waals surface area contributed by atoms with Gasteiger partial charge in [0.1, 0.15) is 0 Å². The van der Waals surface area contributed by atoms with E-state index < -0.39 is 11.6 Å². The molecule has 1 nitrogen and oxygen atoms in total. The van der Waals surface area contributed by atoms with Crippen molar-refractivity contribution in [3.05, 3.63) is 69.2 Å². The molecule has 19 heavy (non-hydrogen) atoms. The van der Waals surface area contributed by atoms with Gasteiger partial charge in [0.05, 0.1) is 0 Å². The number of fused-ring (bicyclic) bond motifs is 1. The highest BCUT2D eigenvalue weighted by Crippen LogP contribution is 2.27. The highest BCUT2D eigenvalue weighted by atomic mass is 79.9. The van der Waals surface area contributed by atoms with E-state index in [2.05, 4.69) is 33.0 Å². The summed E-state index contributed by atoms with van der Waals surface area (Å²) in [5.41, 5.74) is 3.38. The van der Waals surface area contributed by atoms with E-state index in [0.29, 0.717) is 6.54 Å². The van der Waals surface area contributed by atoms with Gasteiger partial charge in [0.25, 0.3) is 0 Å². The average molecular weight is 324 g/mol. The van der Waals surface area contributed by atoms with Crippen molar-refractivity contribution >= 4 is 15.9 Å². The Hall–Kier alpha value is -1.26. The highest BCUT2D eigenvalue weighted by molar-refractivity contribution is 9.10. The molecule has 0 aliphatic carbocycles. The van der Waals surface area contributed by atoms with E-state index in [1.807, 2.05) is 6.07 Å². The summed E-state index contributed by atoms with van der Waals surface area (Å²) in [6.07, 6.45) is 0. The number of nitrogens with zero attached hydrogens (tertiary/aromatic N) is 1. The monoisotopic (exact) mass is 323 g/mol. The lowest BCUT2D eigenvalue weighted by atomic mass is 10.1. The van der Waals surface area contributed by atoms with Gasteiger partial charge in [0, 0.05) is 24.1 Å². The Bertz CT molecular complexity index is 628. The van der Waals surface area contributed by atoms with E-state index in [1.165, 1.54) is 23.3 Å². The lowest BCUT2D eigenvalue weighted by Gasteiger charge is -2.14. The molecular weight excluding hydrogens is 312 g/mol. The minimum absolute atomic E-state index is 0.628. The second kappa shape index (κ2) is 5.02. The van der Waals surface area contributed by atoms with Crippen LogP contribution in [0.25, 0.3) is 0 Å². The van der Waals surface area contributed by atoms with Crippen molar-refractivity contribution in [1.82, 2.24) is 4.90 Å². The summed E-state index contributed by atoms with van der Waals surface area (Å²) in [6, 6.07) is 10.3. The molecule has 0 N–H and O–H groups in total. The molecule has 4 heteroatoms. The van der Waals surface area contributed by atoms with Crippen molar-refractivity contribution in [2.45, 2.75) is 19.6 Å². The molecule has 0 aromatic heterocycles. The number of benzene rings is 2. The first kappa shape index (κ1) is 12.8. The SMILES string of the molecule is Fc1ccc(CN2Cc3ccc(Br)cc3C2)cc1F. The number of halogens is 3. The normalized spacial score (nSPS) is 14.7. The van der Waals surface area contributed by atoms with Crippen molar-refractivity contribution in [3.8, 4) is 0 Å². The molecule has 0 radical (unpaired) electrons. The summed E-state index contributed by atoms with van der Waals surface area (Å²) < 4.78 is 27.1. The maximum atomic E-state index is 13.2. The molecule has 0 atom stereocenters. The molecule has 0 saturated carbocycles. The van der Waals surface area contributed by atoms with Crippen LogP contribution in [0.2, 0.25) is 0 Å². The number of hydrogen-bond donors (Lipinski definition) is 0. The molecule has 0 unspecified atom stereocenters. The van der Waals surface area contributed by atoms with Crippen LogP contribution < -0.4 is 0 Å². The largest absolute Gasteiger partial charge is 0.291 e. The number of hydrogen-bond acceptors (Lipinski definition) is 1. The van der Waals surface area contributed by atoms with Crippen molar-refractivity contribution in [2.75, 3.05) is 0 Å². The third-order valence-electron chi connectivity index (χ3n) is 3.35. The molecule has 1 aliphatic heterocycles. The fourth-order valence-electron chi connectivity index (χ4n) is 2.44. The first-order valence-corrected chi connectivity index (χ1v) is 6.85. The summed E-state index contributed by atoms with van der Waals surface area (Å²) in [7, 11) is 0. The topological polar surface area (TPSA) is 3.24 Å². The van der Waals surface area contributed by atoms with Crippen molar-refractivity contribution in [1.29, 1.82) is 0 Å². The quantitative estimate of drug-likeness (QED) is 0.798. The Morgan fingerprint density at radius 3 is 2.53 bits per heavy atom. The van der Waals surface area contributed by atoms with Gasteiger partial charge in [-0.1, -0.05) is 28.1 Å². The molecule has 0 spiro atoms. The Kier molecular flexibility index (Phi) is 3.37. The van der Waals surface area contributed by atoms with Crippen molar-refractivity contribution in [3.63, 3.8) is 0 Å². The standard InChI is InChI=1S/C15H12BrF2N/c16-13-3-2-11-8-19(9-12(11)6-13)7-10-1-4-14(17)15(18)5-10/h1-6H,7-9H2. The first-order chi connectivity index (χ1) is 9.11. The van der Waals surface area contributed by atoms with Gasteiger partial charge in [-0.3, -0.25) is 4.90 Å². The third-order valence-corrected chi connectivity index (χ3v) is 3.84. The Morgan fingerprint density at radius 1 is 0.947 bits per heavy atom. The minimum atomic E-state index is -0.794. The van der Waals surface area contributed by atoms with Crippen molar-refractivity contribution in [2.24, 2.45) is 0 Å². The molecule has 1 heterocycles. The third kappa shape index (κ3) is 2.69. The maximum Gasteiger partial charge on any atom is 0.159 e. The summed E-state index contributed by atoms with van der Waals surface area (Å²) >= 11 is 3.46. The van der Waals surface area contributed by atoms with Crippen LogP contribution in [0.15, 0.2) is 40.9 Å². The van der Waals surface area contributed by atoms with Crippen LogP contribution in [-0.2, 0) is 19.6 Å². The summed E-state index contributed by atoms with van der Waals surface area (Å²) in [4.78, 5) is 2.21. The second-order valence-corrected chi connectivity index (χ2v) is 5.72. The zero-order valence-corrected chi connectivity index (χ0v) is 11.8. The predicted octanol–water partition coefficient (Wildman–Crippen LogP) is 4.24. The van der Waals surface area contributed by atoms with Gasteiger partial charge in [0.15, 0.2) is 11.6 Å². The molecule has 3 rings (SSSR count). The first-order valence-electron chi connectivity index (χ1n) is 6.05. The fourth-order valence-corrected chi connectivity index (χ4v) is 2.85. The maximum absolute atomic E-state index is 13.2. The average Bonchev–Trinajstić information content (AvgIpc) is 2.75. The zero-order chi connectivity index (χ0) is 13.4. The van der Waals surface area contributed by atoms with E-state index in [9.17, 15) is 8.78 Å². The lowest BCUT2D eigenvalue weighted by molar-refractivity contribution is 0.275. The highest BCUT2D eigenvalue weighted by Gasteiger charge is 2.19. The van der Waals surface area contributed by atoms with Gasteiger partial charge in [-0.15, -0.1) is 0 Å². The summed E-state index contributed by atoms with van der Waals surface area (Å²) in [5.74, 6) is -1.57. The summed E-state index contributed by atoms with van der Waals surface area (Å²) in [6.45, 7) is 2.32. The minimum Gasteiger partial charge on any atom is -0.291 e. The molecule has 2 aromatic rings. The van der Waals surface area contributed by atoms with Gasteiger partial charge in [0.2, 0.25) is 0 Å². The fraction of sp³-hybridized carbons (Fsp3) is 0.200. The smallest absolute Gasteiger partial charge is 0.159 e. The van der Waals surface area contributed by atoms with Crippen molar-refractivity contribution < 1.29 is 8.78 Å². The van der Waals surface area contributed by atoms with Gasteiger partial charge >= 0.3 is 0 Å². The predicted molar refractivity (Wildman–Crippen MR) is 73.5 cm³/mol. The van der Waals surface area contributed by atoms with Crippen LogP contribution >= 0.6 is 15.9 Å². The van der Waals surface area contributed by atoms with Crippen LogP contribution in [0.3, 0.4) is 0 Å².